The molecule has 19 heavy (non-hydrogen) atoms. The zero-order valence-electron chi connectivity index (χ0n) is 11.3. The van der Waals surface area contributed by atoms with Crippen LogP contribution in [0.1, 0.15) is 42.3 Å². The minimum absolute atomic E-state index is 0. The predicted octanol–water partition coefficient (Wildman–Crippen LogP) is 3.59. The lowest BCUT2D eigenvalue weighted by Crippen LogP contribution is -2.38. The fourth-order valence-corrected chi connectivity index (χ4v) is 3.00. The molecular formula is C14H22ClNO2S. The highest BCUT2D eigenvalue weighted by molar-refractivity contribution is 7.11. The summed E-state index contributed by atoms with van der Waals surface area (Å²) in [6.07, 6.45) is 4.89. The van der Waals surface area contributed by atoms with Crippen LogP contribution in [0.3, 0.4) is 0 Å². The largest absolute Gasteiger partial charge is 0.461 e. The van der Waals surface area contributed by atoms with E-state index >= 15 is 0 Å². The summed E-state index contributed by atoms with van der Waals surface area (Å²) in [6.45, 7) is 5.05. The molecular weight excluding hydrogens is 282 g/mol. The van der Waals surface area contributed by atoms with Gasteiger partial charge < -0.3 is 9.64 Å². The maximum Gasteiger partial charge on any atom is 0.348 e. The number of nitrogens with zero attached hydrogens (tertiary/aromatic N) is 1. The summed E-state index contributed by atoms with van der Waals surface area (Å²) >= 11 is 1.43. The Kier molecular flexibility index (Phi) is 7.42. The maximum atomic E-state index is 11.6. The van der Waals surface area contributed by atoms with Gasteiger partial charge in [0, 0.05) is 12.6 Å². The van der Waals surface area contributed by atoms with E-state index in [1.165, 1.54) is 37.1 Å². The van der Waals surface area contributed by atoms with Gasteiger partial charge in [-0.2, -0.15) is 0 Å². The second kappa shape index (κ2) is 8.56. The summed E-state index contributed by atoms with van der Waals surface area (Å²) in [7, 11) is 0. The van der Waals surface area contributed by atoms with Gasteiger partial charge in [0.1, 0.15) is 4.88 Å². The van der Waals surface area contributed by atoms with Crippen LogP contribution < -0.4 is 0 Å². The van der Waals surface area contributed by atoms with Crippen LogP contribution in [0.25, 0.3) is 0 Å². The number of carbonyl (C=O) groups excluding carboxylic acids is 1. The van der Waals surface area contributed by atoms with E-state index in [9.17, 15) is 4.79 Å². The number of carbonyl (C=O) groups is 1. The predicted molar refractivity (Wildman–Crippen MR) is 81.4 cm³/mol. The Morgan fingerprint density at radius 1 is 1.53 bits per heavy atom. The molecule has 0 aromatic carbocycles. The van der Waals surface area contributed by atoms with E-state index in [-0.39, 0.29) is 18.4 Å². The third-order valence-corrected chi connectivity index (χ3v) is 4.34. The van der Waals surface area contributed by atoms with E-state index < -0.39 is 0 Å². The highest BCUT2D eigenvalue weighted by atomic mass is 35.5. The molecule has 0 saturated carbocycles. The Bertz CT molecular complexity index is 370. The van der Waals surface area contributed by atoms with Crippen molar-refractivity contribution in [3.8, 4) is 0 Å². The molecule has 108 valence electrons. The molecule has 0 amide bonds. The lowest BCUT2D eigenvalue weighted by molar-refractivity contribution is 0.0481. The molecule has 5 heteroatoms. The first-order valence-corrected chi connectivity index (χ1v) is 7.60. The SMILES string of the molecule is CC1CCCCN1CCCOC(=O)c1cccs1.Cl. The van der Waals surface area contributed by atoms with Crippen LogP contribution in [0.4, 0.5) is 0 Å². The Morgan fingerprint density at radius 2 is 2.37 bits per heavy atom. The molecule has 0 bridgehead atoms. The zero-order valence-corrected chi connectivity index (χ0v) is 13.0. The van der Waals surface area contributed by atoms with Gasteiger partial charge in [-0.3, -0.25) is 0 Å². The second-order valence-electron chi connectivity index (χ2n) is 4.85. The number of piperidine rings is 1. The molecule has 1 atom stereocenters. The van der Waals surface area contributed by atoms with Gasteiger partial charge in [-0.05, 0) is 44.2 Å². The van der Waals surface area contributed by atoms with Gasteiger partial charge in [0.25, 0.3) is 0 Å². The standard InChI is InChI=1S/C14H21NO2S.ClH/c1-12-6-2-3-8-15(12)9-5-10-17-14(16)13-7-4-11-18-13;/h4,7,11-12H,2-3,5-6,8-10H2,1H3;1H. The Labute approximate surface area is 125 Å². The van der Waals surface area contributed by atoms with E-state index in [0.717, 1.165) is 13.0 Å². The lowest BCUT2D eigenvalue weighted by Gasteiger charge is -2.33. The van der Waals surface area contributed by atoms with Crippen molar-refractivity contribution in [2.24, 2.45) is 0 Å². The molecule has 2 rings (SSSR count). The van der Waals surface area contributed by atoms with Crippen molar-refractivity contribution in [1.82, 2.24) is 4.90 Å². The number of halogens is 1. The van der Waals surface area contributed by atoms with Gasteiger partial charge in [0.05, 0.1) is 6.61 Å². The van der Waals surface area contributed by atoms with Crippen molar-refractivity contribution in [3.05, 3.63) is 22.4 Å². The number of hydrogen-bond acceptors (Lipinski definition) is 4. The molecule has 1 unspecified atom stereocenters. The highest BCUT2D eigenvalue weighted by Crippen LogP contribution is 2.16. The van der Waals surface area contributed by atoms with Crippen LogP contribution in [0.5, 0.6) is 0 Å². The minimum atomic E-state index is -0.184. The monoisotopic (exact) mass is 303 g/mol. The molecule has 1 aromatic heterocycles. The van der Waals surface area contributed by atoms with Gasteiger partial charge in [-0.15, -0.1) is 23.7 Å². The fourth-order valence-electron chi connectivity index (χ4n) is 2.39. The van der Waals surface area contributed by atoms with Crippen LogP contribution in [-0.2, 0) is 4.74 Å². The van der Waals surface area contributed by atoms with Crippen LogP contribution in [0.2, 0.25) is 0 Å². The topological polar surface area (TPSA) is 29.5 Å². The third-order valence-electron chi connectivity index (χ3n) is 3.49. The van der Waals surface area contributed by atoms with Gasteiger partial charge in [-0.25, -0.2) is 4.79 Å². The summed E-state index contributed by atoms with van der Waals surface area (Å²) < 4.78 is 5.26. The minimum Gasteiger partial charge on any atom is -0.461 e. The van der Waals surface area contributed by atoms with Crippen molar-refractivity contribution in [1.29, 1.82) is 0 Å². The van der Waals surface area contributed by atoms with Crippen molar-refractivity contribution in [3.63, 3.8) is 0 Å². The molecule has 1 aliphatic rings. The first-order chi connectivity index (χ1) is 8.77. The average Bonchev–Trinajstić information content (AvgIpc) is 2.90. The number of rotatable bonds is 5. The van der Waals surface area contributed by atoms with E-state index in [1.54, 1.807) is 6.07 Å². The first kappa shape index (κ1) is 16.5. The van der Waals surface area contributed by atoms with Gasteiger partial charge in [0.2, 0.25) is 0 Å². The van der Waals surface area contributed by atoms with Gasteiger partial charge in [0.15, 0.2) is 0 Å². The molecule has 2 heterocycles. The Balaban J connectivity index is 0.00000180. The van der Waals surface area contributed by atoms with E-state index in [2.05, 4.69) is 11.8 Å². The summed E-state index contributed by atoms with van der Waals surface area (Å²) in [5.74, 6) is -0.184. The van der Waals surface area contributed by atoms with Crippen LogP contribution in [0.15, 0.2) is 17.5 Å². The summed E-state index contributed by atoms with van der Waals surface area (Å²) in [6, 6.07) is 4.36. The number of ether oxygens (including phenoxy) is 1. The Hall–Kier alpha value is -0.580. The van der Waals surface area contributed by atoms with Crippen LogP contribution in [0, 0.1) is 0 Å². The molecule has 0 spiro atoms. The average molecular weight is 304 g/mol. The normalized spacial score (nSPS) is 19.7. The molecule has 1 fully saturated rings. The van der Waals surface area contributed by atoms with Crippen molar-refractivity contribution in [2.45, 2.75) is 38.6 Å². The van der Waals surface area contributed by atoms with Crippen LogP contribution in [-0.4, -0.2) is 36.6 Å². The van der Waals surface area contributed by atoms with Crippen molar-refractivity contribution >= 4 is 29.7 Å². The zero-order chi connectivity index (χ0) is 12.8. The lowest BCUT2D eigenvalue weighted by atomic mass is 10.0. The molecule has 1 aromatic rings. The van der Waals surface area contributed by atoms with Gasteiger partial charge in [-0.1, -0.05) is 12.5 Å². The highest BCUT2D eigenvalue weighted by Gasteiger charge is 2.17. The van der Waals surface area contributed by atoms with Gasteiger partial charge >= 0.3 is 5.97 Å². The second-order valence-corrected chi connectivity index (χ2v) is 5.80. The van der Waals surface area contributed by atoms with Crippen LogP contribution >= 0.6 is 23.7 Å². The smallest absolute Gasteiger partial charge is 0.348 e. The number of hydrogen-bond donors (Lipinski definition) is 0. The first-order valence-electron chi connectivity index (χ1n) is 6.72. The molecule has 0 aliphatic carbocycles. The summed E-state index contributed by atoms with van der Waals surface area (Å²) in [5.41, 5.74) is 0. The van der Waals surface area contributed by atoms with E-state index in [4.69, 9.17) is 4.74 Å². The molecule has 1 aliphatic heterocycles. The Morgan fingerprint density at radius 3 is 3.05 bits per heavy atom. The number of esters is 1. The molecule has 0 N–H and O–H groups in total. The van der Waals surface area contributed by atoms with E-state index in [1.807, 2.05) is 11.4 Å². The molecule has 1 saturated heterocycles. The number of likely N-dealkylation sites (tertiary alicyclic amines) is 1. The fraction of sp³-hybridized carbons (Fsp3) is 0.643. The molecule has 3 nitrogen and oxygen atoms in total. The summed E-state index contributed by atoms with van der Waals surface area (Å²) in [4.78, 5) is 14.8. The van der Waals surface area contributed by atoms with Crippen molar-refractivity contribution in [2.75, 3.05) is 19.7 Å². The van der Waals surface area contributed by atoms with E-state index in [0.29, 0.717) is 17.5 Å². The number of thiophene rings is 1. The van der Waals surface area contributed by atoms with Crippen molar-refractivity contribution < 1.29 is 9.53 Å². The quantitative estimate of drug-likeness (QED) is 0.615. The summed E-state index contributed by atoms with van der Waals surface area (Å²) in [5, 5.41) is 1.89. The third kappa shape index (κ3) is 5.13. The maximum absolute atomic E-state index is 11.6. The molecule has 0 radical (unpaired) electrons.